The van der Waals surface area contributed by atoms with Crippen molar-refractivity contribution in [3.63, 3.8) is 0 Å². The number of nitrogens with zero attached hydrogens (tertiary/aromatic N) is 1. The predicted octanol–water partition coefficient (Wildman–Crippen LogP) is 2.82. The summed E-state index contributed by atoms with van der Waals surface area (Å²) < 4.78 is 16.8. The molecule has 0 radical (unpaired) electrons. The molecule has 0 bridgehead atoms. The lowest BCUT2D eigenvalue weighted by molar-refractivity contribution is -0.120. The summed E-state index contributed by atoms with van der Waals surface area (Å²) in [6.45, 7) is -0.318. The van der Waals surface area contributed by atoms with Crippen LogP contribution in [0, 0.1) is 0 Å². The number of phenols is 1. The second-order valence-corrected chi connectivity index (χ2v) is 7.49. The molecule has 0 heterocycles. The zero-order valence-electron chi connectivity index (χ0n) is 16.3. The van der Waals surface area contributed by atoms with Gasteiger partial charge < -0.3 is 24.6 Å². The van der Waals surface area contributed by atoms with Crippen molar-refractivity contribution in [2.45, 2.75) is 0 Å². The molecule has 11 heteroatoms. The van der Waals surface area contributed by atoms with E-state index in [4.69, 9.17) is 14.2 Å². The van der Waals surface area contributed by atoms with Crippen LogP contribution in [-0.4, -0.2) is 51.0 Å². The number of rotatable bonds is 8. The van der Waals surface area contributed by atoms with E-state index < -0.39 is 11.8 Å². The van der Waals surface area contributed by atoms with E-state index in [9.17, 15) is 14.7 Å². The molecule has 0 saturated carbocycles. The Labute approximate surface area is 189 Å². The number of hydrogen-bond acceptors (Lipinski definition) is 7. The van der Waals surface area contributed by atoms with Crippen molar-refractivity contribution in [3.8, 4) is 23.0 Å². The number of phenolic OH excluding ortho intramolecular Hbond substituents is 1. The minimum Gasteiger partial charge on any atom is -0.506 e. The molecule has 0 unspecified atom stereocenters. The summed E-state index contributed by atoms with van der Waals surface area (Å²) in [6.07, 6.45) is 1.28. The molecule has 0 aromatic heterocycles. The fourth-order valence-electron chi connectivity index (χ4n) is 2.37. The van der Waals surface area contributed by atoms with Gasteiger partial charge in [-0.15, -0.1) is 0 Å². The maximum atomic E-state index is 12.4. The van der Waals surface area contributed by atoms with Crippen molar-refractivity contribution in [3.05, 3.63) is 44.3 Å². The number of amides is 2. The number of methoxy groups -OCH3 is 3. The van der Waals surface area contributed by atoms with Crippen LogP contribution in [0.25, 0.3) is 0 Å². The first-order chi connectivity index (χ1) is 14.3. The van der Waals surface area contributed by atoms with Gasteiger partial charge in [-0.05, 0) is 40.2 Å². The van der Waals surface area contributed by atoms with E-state index in [1.54, 1.807) is 12.1 Å². The lowest BCUT2D eigenvalue weighted by Crippen LogP contribution is -2.34. The molecule has 0 saturated heterocycles. The van der Waals surface area contributed by atoms with E-state index in [1.165, 1.54) is 39.7 Å². The van der Waals surface area contributed by atoms with Gasteiger partial charge in [-0.2, -0.15) is 5.10 Å². The number of nitrogens with one attached hydrogen (secondary N) is 2. The van der Waals surface area contributed by atoms with Gasteiger partial charge in [0.15, 0.2) is 11.5 Å². The Morgan fingerprint density at radius 3 is 2.27 bits per heavy atom. The van der Waals surface area contributed by atoms with E-state index in [0.29, 0.717) is 27.3 Å². The number of carbonyl (C=O) groups excluding carboxylic acids is 2. The third-order valence-corrected chi connectivity index (χ3v) is 4.85. The third kappa shape index (κ3) is 5.86. The van der Waals surface area contributed by atoms with Crippen molar-refractivity contribution in [2.24, 2.45) is 5.10 Å². The zero-order chi connectivity index (χ0) is 22.3. The molecule has 0 fully saturated rings. The van der Waals surface area contributed by atoms with Gasteiger partial charge in [0.25, 0.3) is 11.8 Å². The van der Waals surface area contributed by atoms with Crippen LogP contribution in [0.2, 0.25) is 0 Å². The molecule has 2 rings (SSSR count). The third-order valence-electron chi connectivity index (χ3n) is 3.79. The summed E-state index contributed by atoms with van der Waals surface area (Å²) in [5, 5.41) is 16.2. The highest BCUT2D eigenvalue weighted by atomic mass is 79.9. The molecule has 0 aliphatic heterocycles. The van der Waals surface area contributed by atoms with Gasteiger partial charge in [0.2, 0.25) is 5.75 Å². The number of hydrazone groups is 1. The van der Waals surface area contributed by atoms with Crippen LogP contribution >= 0.6 is 31.9 Å². The average molecular weight is 545 g/mol. The smallest absolute Gasteiger partial charge is 0.259 e. The van der Waals surface area contributed by atoms with Gasteiger partial charge in [0.05, 0.1) is 38.6 Å². The molecule has 0 atom stereocenters. The fraction of sp³-hybridized carbons (Fsp3) is 0.211. The van der Waals surface area contributed by atoms with E-state index in [0.717, 1.165) is 4.47 Å². The maximum absolute atomic E-state index is 12.4. The summed E-state index contributed by atoms with van der Waals surface area (Å²) >= 11 is 6.51. The second kappa shape index (κ2) is 10.8. The Morgan fingerprint density at radius 1 is 1.07 bits per heavy atom. The van der Waals surface area contributed by atoms with Crippen LogP contribution in [0.5, 0.6) is 23.0 Å². The van der Waals surface area contributed by atoms with Gasteiger partial charge in [-0.1, -0.05) is 15.9 Å². The molecule has 2 aromatic carbocycles. The summed E-state index contributed by atoms with van der Waals surface area (Å²) in [7, 11) is 4.33. The van der Waals surface area contributed by atoms with Gasteiger partial charge in [0, 0.05) is 15.6 Å². The molecule has 9 nitrogen and oxygen atoms in total. The molecule has 0 aliphatic carbocycles. The summed E-state index contributed by atoms with van der Waals surface area (Å²) in [5.41, 5.74) is 2.89. The van der Waals surface area contributed by atoms with Crippen molar-refractivity contribution >= 4 is 49.9 Å². The minimum atomic E-state index is -0.555. The van der Waals surface area contributed by atoms with E-state index in [2.05, 4.69) is 47.7 Å². The Morgan fingerprint density at radius 2 is 1.70 bits per heavy atom. The number of aromatic hydroxyl groups is 1. The number of ether oxygens (including phenoxy) is 3. The Kier molecular flexibility index (Phi) is 8.48. The first kappa shape index (κ1) is 23.5. The lowest BCUT2D eigenvalue weighted by atomic mass is 10.1. The van der Waals surface area contributed by atoms with Crippen LogP contribution < -0.4 is 25.0 Å². The fourth-order valence-corrected chi connectivity index (χ4v) is 3.63. The van der Waals surface area contributed by atoms with Crippen LogP contribution in [0.15, 0.2) is 38.3 Å². The van der Waals surface area contributed by atoms with Crippen molar-refractivity contribution in [1.82, 2.24) is 10.7 Å². The highest BCUT2D eigenvalue weighted by Gasteiger charge is 2.17. The van der Waals surface area contributed by atoms with Crippen LogP contribution in [0.4, 0.5) is 0 Å². The monoisotopic (exact) mass is 543 g/mol. The van der Waals surface area contributed by atoms with Crippen LogP contribution in [-0.2, 0) is 4.79 Å². The second-order valence-electron chi connectivity index (χ2n) is 5.72. The van der Waals surface area contributed by atoms with E-state index in [-0.39, 0.29) is 17.9 Å². The van der Waals surface area contributed by atoms with E-state index in [1.807, 2.05) is 0 Å². The molecule has 3 N–H and O–H groups in total. The van der Waals surface area contributed by atoms with Crippen molar-refractivity contribution in [2.75, 3.05) is 27.9 Å². The molecule has 160 valence electrons. The zero-order valence-corrected chi connectivity index (χ0v) is 19.5. The molecule has 0 aliphatic rings. The maximum Gasteiger partial charge on any atom is 0.259 e. The number of benzene rings is 2. The van der Waals surface area contributed by atoms with Crippen LogP contribution in [0.1, 0.15) is 15.9 Å². The highest BCUT2D eigenvalue weighted by molar-refractivity contribution is 9.11. The average Bonchev–Trinajstić information content (AvgIpc) is 2.73. The Bertz CT molecular complexity index is 956. The summed E-state index contributed by atoms with van der Waals surface area (Å²) in [4.78, 5) is 24.3. The van der Waals surface area contributed by atoms with Gasteiger partial charge in [0.1, 0.15) is 5.75 Å². The molecular formula is C19H19Br2N3O6. The standard InChI is InChI=1S/C19H19Br2N3O6/c1-28-14-5-10(6-15(29-2)18(14)30-3)19(27)22-9-16(25)24-23-8-11-4-12(20)7-13(21)17(11)26/h4-8,26H,9H2,1-3H3,(H,22,27)(H,24,25)/b23-8-. The molecular weight excluding hydrogens is 526 g/mol. The van der Waals surface area contributed by atoms with Gasteiger partial charge in [-0.3, -0.25) is 9.59 Å². The predicted molar refractivity (Wildman–Crippen MR) is 118 cm³/mol. The lowest BCUT2D eigenvalue weighted by Gasteiger charge is -2.14. The first-order valence-electron chi connectivity index (χ1n) is 8.38. The molecule has 30 heavy (non-hydrogen) atoms. The first-order valence-corrected chi connectivity index (χ1v) is 9.97. The largest absolute Gasteiger partial charge is 0.506 e. The summed E-state index contributed by atoms with van der Waals surface area (Å²) in [5.74, 6) is -0.104. The van der Waals surface area contributed by atoms with Crippen molar-refractivity contribution in [1.29, 1.82) is 0 Å². The van der Waals surface area contributed by atoms with Crippen LogP contribution in [0.3, 0.4) is 0 Å². The number of halogens is 2. The SMILES string of the molecule is COc1cc(C(=O)NCC(=O)N/N=C\c2cc(Br)cc(Br)c2O)cc(OC)c1OC. The quantitative estimate of drug-likeness (QED) is 0.347. The molecule has 0 spiro atoms. The Hall–Kier alpha value is -2.79. The Balaban J connectivity index is 1.99. The topological polar surface area (TPSA) is 118 Å². The van der Waals surface area contributed by atoms with Gasteiger partial charge >= 0.3 is 0 Å². The summed E-state index contributed by atoms with van der Waals surface area (Å²) in [6, 6.07) is 6.24. The van der Waals surface area contributed by atoms with Gasteiger partial charge in [-0.25, -0.2) is 5.43 Å². The normalized spacial score (nSPS) is 10.6. The molecule has 2 aromatic rings. The van der Waals surface area contributed by atoms with Crippen molar-refractivity contribution < 1.29 is 28.9 Å². The number of carbonyl (C=O) groups is 2. The molecule has 2 amide bonds. The highest BCUT2D eigenvalue weighted by Crippen LogP contribution is 2.38. The minimum absolute atomic E-state index is 0.0214. The number of hydrogen-bond donors (Lipinski definition) is 3. The van der Waals surface area contributed by atoms with E-state index >= 15 is 0 Å².